The summed E-state index contributed by atoms with van der Waals surface area (Å²) >= 11 is 0. The Hall–Kier alpha value is -0.830. The van der Waals surface area contributed by atoms with Gasteiger partial charge in [0, 0.05) is 6.42 Å². The minimum absolute atomic E-state index is 0.184. The second-order valence-corrected chi connectivity index (χ2v) is 4.13. The van der Waals surface area contributed by atoms with Gasteiger partial charge < -0.3 is 9.22 Å². The minimum atomic E-state index is -0.184. The monoisotopic (exact) mass is 186 g/mol. The zero-order valence-electron chi connectivity index (χ0n) is 8.88. The van der Waals surface area contributed by atoms with Gasteiger partial charge in [-0.05, 0) is 12.8 Å². The number of ether oxygens (including phenoxy) is 1. The normalized spacial score (nSPS) is 11.0. The third-order valence-electron chi connectivity index (χ3n) is 1.67. The van der Waals surface area contributed by atoms with Crippen LogP contribution in [0.5, 0.6) is 0 Å². The fourth-order valence-corrected chi connectivity index (χ4v) is 1.01. The Morgan fingerprint density at radius 1 is 1.38 bits per heavy atom. The van der Waals surface area contributed by atoms with E-state index >= 15 is 0 Å². The molecule has 0 heterocycles. The summed E-state index contributed by atoms with van der Waals surface area (Å²) in [5.41, 5.74) is 0. The van der Waals surface area contributed by atoms with Gasteiger partial charge in [0.2, 0.25) is 0 Å². The molecule has 0 rings (SSSR count). The van der Waals surface area contributed by atoms with Gasteiger partial charge in [0.25, 0.3) is 0 Å². The summed E-state index contributed by atoms with van der Waals surface area (Å²) in [6.07, 6.45) is 3.62. The van der Waals surface area contributed by atoms with Crippen LogP contribution in [0, 0.1) is 0 Å². The quantitative estimate of drug-likeness (QED) is 0.272. The lowest BCUT2D eigenvalue weighted by atomic mass is 10.2. The van der Waals surface area contributed by atoms with Crippen LogP contribution in [-0.2, 0) is 9.53 Å². The lowest BCUT2D eigenvalue weighted by molar-refractivity contribution is -0.870. The number of hydrogen-bond donors (Lipinski definition) is 0. The van der Waals surface area contributed by atoms with Crippen molar-refractivity contribution >= 4 is 5.97 Å². The maximum Gasteiger partial charge on any atom is 0.310 e. The Bertz CT molecular complexity index is 170. The third-order valence-corrected chi connectivity index (χ3v) is 1.67. The number of esters is 1. The average Bonchev–Trinajstić information content (AvgIpc) is 1.97. The van der Waals surface area contributed by atoms with Crippen LogP contribution in [0.15, 0.2) is 12.8 Å². The highest BCUT2D eigenvalue weighted by molar-refractivity contribution is 5.69. The van der Waals surface area contributed by atoms with Crippen molar-refractivity contribution in [2.45, 2.75) is 19.3 Å². The Morgan fingerprint density at radius 2 is 2.00 bits per heavy atom. The van der Waals surface area contributed by atoms with Gasteiger partial charge in [0.05, 0.1) is 33.9 Å². The highest BCUT2D eigenvalue weighted by Crippen LogP contribution is 2.01. The van der Waals surface area contributed by atoms with Gasteiger partial charge in [-0.25, -0.2) is 0 Å². The van der Waals surface area contributed by atoms with E-state index in [9.17, 15) is 4.79 Å². The van der Waals surface area contributed by atoms with E-state index in [1.165, 1.54) is 6.26 Å². The molecule has 0 amide bonds. The summed E-state index contributed by atoms with van der Waals surface area (Å²) < 4.78 is 5.53. The topological polar surface area (TPSA) is 26.3 Å². The Balaban J connectivity index is 3.36. The first kappa shape index (κ1) is 12.2. The molecule has 0 aromatic heterocycles. The summed E-state index contributed by atoms with van der Waals surface area (Å²) in [4.78, 5) is 10.9. The second kappa shape index (κ2) is 5.75. The molecule has 0 aromatic carbocycles. The smallest absolute Gasteiger partial charge is 0.310 e. The van der Waals surface area contributed by atoms with E-state index in [-0.39, 0.29) is 5.97 Å². The number of carbonyl (C=O) groups excluding carboxylic acids is 1. The van der Waals surface area contributed by atoms with Crippen molar-refractivity contribution in [3.8, 4) is 0 Å². The van der Waals surface area contributed by atoms with E-state index in [1.807, 2.05) is 0 Å². The lowest BCUT2D eigenvalue weighted by Gasteiger charge is -2.23. The summed E-state index contributed by atoms with van der Waals surface area (Å²) in [5, 5.41) is 0. The number of rotatable bonds is 6. The molecular weight excluding hydrogens is 166 g/mol. The van der Waals surface area contributed by atoms with Crippen LogP contribution in [0.3, 0.4) is 0 Å². The Labute approximate surface area is 80.6 Å². The largest absolute Gasteiger partial charge is 0.435 e. The lowest BCUT2D eigenvalue weighted by Crippen LogP contribution is -2.35. The first-order chi connectivity index (χ1) is 5.95. The molecule has 13 heavy (non-hydrogen) atoms. The highest BCUT2D eigenvalue weighted by atomic mass is 16.5. The van der Waals surface area contributed by atoms with Crippen LogP contribution < -0.4 is 0 Å². The van der Waals surface area contributed by atoms with E-state index in [0.29, 0.717) is 6.42 Å². The van der Waals surface area contributed by atoms with Crippen molar-refractivity contribution in [1.82, 2.24) is 0 Å². The molecule has 0 fully saturated rings. The zero-order chi connectivity index (χ0) is 10.3. The molecule has 0 bridgehead atoms. The van der Waals surface area contributed by atoms with Crippen LogP contribution in [0.2, 0.25) is 0 Å². The van der Waals surface area contributed by atoms with Crippen LogP contribution in [0.4, 0.5) is 0 Å². The van der Waals surface area contributed by atoms with Crippen molar-refractivity contribution in [1.29, 1.82) is 0 Å². The van der Waals surface area contributed by atoms with Gasteiger partial charge in [0.15, 0.2) is 0 Å². The predicted octanol–water partition coefficient (Wildman–Crippen LogP) is 1.55. The van der Waals surface area contributed by atoms with Gasteiger partial charge in [-0.15, -0.1) is 0 Å². The van der Waals surface area contributed by atoms with Crippen molar-refractivity contribution in [3.05, 3.63) is 12.8 Å². The third kappa shape index (κ3) is 9.08. The second-order valence-electron chi connectivity index (χ2n) is 4.13. The van der Waals surface area contributed by atoms with Crippen molar-refractivity contribution < 1.29 is 14.0 Å². The zero-order valence-corrected chi connectivity index (χ0v) is 8.88. The van der Waals surface area contributed by atoms with E-state index in [0.717, 1.165) is 23.9 Å². The number of hydrogen-bond acceptors (Lipinski definition) is 2. The molecule has 0 saturated carbocycles. The van der Waals surface area contributed by atoms with Crippen LogP contribution in [0.25, 0.3) is 0 Å². The van der Waals surface area contributed by atoms with Gasteiger partial charge in [0.1, 0.15) is 0 Å². The van der Waals surface area contributed by atoms with Crippen LogP contribution in [-0.4, -0.2) is 38.1 Å². The molecule has 0 aliphatic carbocycles. The van der Waals surface area contributed by atoms with E-state index < -0.39 is 0 Å². The summed E-state index contributed by atoms with van der Waals surface area (Å²) in [6.45, 7) is 4.41. The van der Waals surface area contributed by atoms with E-state index in [1.54, 1.807) is 0 Å². The molecule has 0 aliphatic rings. The number of quaternary nitrogens is 1. The average molecular weight is 186 g/mol. The minimum Gasteiger partial charge on any atom is -0.435 e. The number of unbranched alkanes of at least 4 members (excludes halogenated alkanes) is 1. The van der Waals surface area contributed by atoms with Crippen LogP contribution in [0.1, 0.15) is 19.3 Å². The van der Waals surface area contributed by atoms with Crippen molar-refractivity contribution in [2.75, 3.05) is 27.7 Å². The maximum atomic E-state index is 10.9. The first-order valence-electron chi connectivity index (χ1n) is 4.56. The molecule has 0 radical (unpaired) electrons. The number of carbonyl (C=O) groups is 1. The molecule has 3 nitrogen and oxygen atoms in total. The fourth-order valence-electron chi connectivity index (χ4n) is 1.01. The molecule has 0 saturated heterocycles. The van der Waals surface area contributed by atoms with Crippen LogP contribution >= 0.6 is 0 Å². The molecule has 0 atom stereocenters. The SMILES string of the molecule is C=COC(=O)CCCC[N+](C)(C)C. The van der Waals surface area contributed by atoms with Gasteiger partial charge in [-0.3, -0.25) is 4.79 Å². The molecule has 0 spiro atoms. The van der Waals surface area contributed by atoms with E-state index in [4.69, 9.17) is 0 Å². The van der Waals surface area contributed by atoms with Crippen molar-refractivity contribution in [2.24, 2.45) is 0 Å². The summed E-state index contributed by atoms with van der Waals surface area (Å²) in [7, 11) is 6.42. The molecule has 0 aromatic rings. The van der Waals surface area contributed by atoms with Gasteiger partial charge in [-0.2, -0.15) is 0 Å². The molecule has 0 N–H and O–H groups in total. The molecular formula is C10H20NO2+. The molecule has 76 valence electrons. The maximum absolute atomic E-state index is 10.9. The fraction of sp³-hybridized carbons (Fsp3) is 0.700. The molecule has 3 heteroatoms. The first-order valence-corrected chi connectivity index (χ1v) is 4.56. The Kier molecular flexibility index (Phi) is 5.39. The standard InChI is InChI=1S/C10H20NO2/c1-5-13-10(12)8-6-7-9-11(2,3)4/h5H,1,6-9H2,2-4H3/q+1. The summed E-state index contributed by atoms with van der Waals surface area (Å²) in [6, 6.07) is 0. The van der Waals surface area contributed by atoms with Crippen molar-refractivity contribution in [3.63, 3.8) is 0 Å². The highest BCUT2D eigenvalue weighted by Gasteiger charge is 2.07. The van der Waals surface area contributed by atoms with Gasteiger partial charge in [-0.1, -0.05) is 6.58 Å². The summed E-state index contributed by atoms with van der Waals surface area (Å²) in [5.74, 6) is -0.184. The van der Waals surface area contributed by atoms with Gasteiger partial charge >= 0.3 is 5.97 Å². The number of nitrogens with zero attached hydrogens (tertiary/aromatic N) is 1. The predicted molar refractivity (Wildman–Crippen MR) is 53.0 cm³/mol. The molecule has 0 unspecified atom stereocenters. The van der Waals surface area contributed by atoms with E-state index in [2.05, 4.69) is 32.5 Å². The molecule has 0 aliphatic heterocycles. The Morgan fingerprint density at radius 3 is 2.46 bits per heavy atom.